The van der Waals surface area contributed by atoms with Gasteiger partial charge in [0.05, 0.1) is 0 Å². The van der Waals surface area contributed by atoms with Crippen molar-refractivity contribution in [2.45, 2.75) is 38.6 Å². The van der Waals surface area contributed by atoms with Gasteiger partial charge in [0.25, 0.3) is 5.91 Å². The first-order valence-electron chi connectivity index (χ1n) is 11.9. The molecule has 2 heterocycles. The lowest BCUT2D eigenvalue weighted by atomic mass is 10.0. The summed E-state index contributed by atoms with van der Waals surface area (Å²) in [6.07, 6.45) is -0.119. The van der Waals surface area contributed by atoms with Gasteiger partial charge >= 0.3 is 6.09 Å². The number of carbonyl (C=O) groups is 4. The van der Waals surface area contributed by atoms with E-state index in [1.165, 1.54) is 17.0 Å². The molecule has 8 nitrogen and oxygen atoms in total. The van der Waals surface area contributed by atoms with Gasteiger partial charge in [0, 0.05) is 25.1 Å². The van der Waals surface area contributed by atoms with Gasteiger partial charge in [-0.15, -0.1) is 0 Å². The average molecular weight is 502 g/mol. The number of hydrogen-bond acceptors (Lipinski definition) is 5. The summed E-state index contributed by atoms with van der Waals surface area (Å²) in [6.45, 7) is 0.491. The number of nitrogens with one attached hydrogen (secondary N) is 2. The Morgan fingerprint density at radius 1 is 1.00 bits per heavy atom. The fourth-order valence-electron chi connectivity index (χ4n) is 4.59. The van der Waals surface area contributed by atoms with Crippen molar-refractivity contribution < 1.29 is 28.3 Å². The molecule has 5 rings (SSSR count). The van der Waals surface area contributed by atoms with Gasteiger partial charge in [-0.2, -0.15) is 0 Å². The summed E-state index contributed by atoms with van der Waals surface area (Å²) in [5.41, 5.74) is 4.28. The molecule has 37 heavy (non-hydrogen) atoms. The van der Waals surface area contributed by atoms with Gasteiger partial charge in [0.1, 0.15) is 18.5 Å². The van der Waals surface area contributed by atoms with Crippen molar-refractivity contribution in [3.05, 3.63) is 94.8 Å². The summed E-state index contributed by atoms with van der Waals surface area (Å²) >= 11 is 0. The summed E-state index contributed by atoms with van der Waals surface area (Å²) in [4.78, 5) is 50.3. The van der Waals surface area contributed by atoms with Crippen molar-refractivity contribution in [2.24, 2.45) is 0 Å². The first-order chi connectivity index (χ1) is 17.9. The van der Waals surface area contributed by atoms with E-state index in [1.807, 2.05) is 30.3 Å². The van der Waals surface area contributed by atoms with Gasteiger partial charge in [0.15, 0.2) is 0 Å². The van der Waals surface area contributed by atoms with Crippen LogP contribution in [-0.4, -0.2) is 34.8 Å². The van der Waals surface area contributed by atoms with Crippen molar-refractivity contribution in [3.8, 4) is 11.1 Å². The maximum atomic E-state index is 13.5. The molecule has 1 fully saturated rings. The summed E-state index contributed by atoms with van der Waals surface area (Å²) in [5, 5.41) is 4.97. The van der Waals surface area contributed by atoms with E-state index in [4.69, 9.17) is 4.74 Å². The van der Waals surface area contributed by atoms with E-state index in [0.717, 1.165) is 22.3 Å². The number of alkyl carbamates (subject to hydrolysis) is 1. The molecule has 2 aliphatic heterocycles. The van der Waals surface area contributed by atoms with Crippen LogP contribution in [-0.2, 0) is 34.0 Å². The number of piperidine rings is 1. The molecule has 0 radical (unpaired) electrons. The lowest BCUT2D eigenvalue weighted by Gasteiger charge is -2.29. The first-order valence-corrected chi connectivity index (χ1v) is 11.9. The van der Waals surface area contributed by atoms with Gasteiger partial charge in [0.2, 0.25) is 11.8 Å². The summed E-state index contributed by atoms with van der Waals surface area (Å²) in [5.74, 6) is -1.38. The molecule has 3 aromatic rings. The van der Waals surface area contributed by atoms with Crippen LogP contribution in [0.3, 0.4) is 0 Å². The largest absolute Gasteiger partial charge is 0.445 e. The summed E-state index contributed by atoms with van der Waals surface area (Å²) in [7, 11) is 0. The number of imide groups is 1. The Morgan fingerprint density at radius 3 is 2.57 bits per heavy atom. The molecule has 0 spiro atoms. The molecule has 0 aromatic heterocycles. The highest BCUT2D eigenvalue weighted by molar-refractivity contribution is 6.05. The summed E-state index contributed by atoms with van der Waals surface area (Å²) < 4.78 is 18.9. The van der Waals surface area contributed by atoms with E-state index in [0.29, 0.717) is 24.1 Å². The van der Waals surface area contributed by atoms with Crippen LogP contribution in [0.5, 0.6) is 0 Å². The summed E-state index contributed by atoms with van der Waals surface area (Å²) in [6, 6.07) is 18.2. The predicted octanol–water partition coefficient (Wildman–Crippen LogP) is 3.68. The minimum absolute atomic E-state index is 0.0403. The van der Waals surface area contributed by atoms with Crippen LogP contribution in [0.2, 0.25) is 0 Å². The molecule has 4 amide bonds. The molecular formula is C28H24FN3O5. The van der Waals surface area contributed by atoms with E-state index >= 15 is 0 Å². The third-order valence-corrected chi connectivity index (χ3v) is 6.48. The molecule has 2 N–H and O–H groups in total. The maximum Gasteiger partial charge on any atom is 0.407 e. The number of benzene rings is 3. The molecule has 3 aromatic carbocycles. The highest BCUT2D eigenvalue weighted by Crippen LogP contribution is 2.28. The Balaban J connectivity index is 1.16. The van der Waals surface area contributed by atoms with Gasteiger partial charge in [-0.25, -0.2) is 9.18 Å². The van der Waals surface area contributed by atoms with Crippen LogP contribution < -0.4 is 10.6 Å². The van der Waals surface area contributed by atoms with Crippen molar-refractivity contribution in [1.29, 1.82) is 0 Å². The third-order valence-electron chi connectivity index (χ3n) is 6.48. The second kappa shape index (κ2) is 10.2. The first kappa shape index (κ1) is 24.2. The molecule has 1 unspecified atom stereocenters. The minimum Gasteiger partial charge on any atom is -0.445 e. The molecular weight excluding hydrogens is 477 g/mol. The number of amides is 4. The molecule has 9 heteroatoms. The molecule has 2 aliphatic rings. The second-order valence-electron chi connectivity index (χ2n) is 9.03. The zero-order chi connectivity index (χ0) is 25.9. The highest BCUT2D eigenvalue weighted by atomic mass is 19.1. The molecule has 0 bridgehead atoms. The van der Waals surface area contributed by atoms with Gasteiger partial charge in [-0.3, -0.25) is 19.7 Å². The van der Waals surface area contributed by atoms with Gasteiger partial charge < -0.3 is 15.0 Å². The minimum atomic E-state index is -0.673. The second-order valence-corrected chi connectivity index (χ2v) is 9.03. The Morgan fingerprint density at radius 2 is 1.78 bits per heavy atom. The molecule has 1 saturated heterocycles. The fraction of sp³-hybridized carbons (Fsp3) is 0.214. The van der Waals surface area contributed by atoms with Crippen molar-refractivity contribution in [2.75, 3.05) is 0 Å². The molecule has 1 atom stereocenters. The SMILES string of the molecule is O=C1CCC(N2Cc3ccc(CNC(=O)OCc4cccc(-c5cccc(F)c5)c4)cc3C2=O)C(=O)N1. The normalized spacial score (nSPS) is 16.8. The zero-order valence-electron chi connectivity index (χ0n) is 19.8. The third kappa shape index (κ3) is 5.35. The maximum absolute atomic E-state index is 13.5. The van der Waals surface area contributed by atoms with Crippen LogP contribution in [0.4, 0.5) is 9.18 Å². The van der Waals surface area contributed by atoms with E-state index in [2.05, 4.69) is 10.6 Å². The van der Waals surface area contributed by atoms with E-state index in [9.17, 15) is 23.6 Å². The Kier molecular flexibility index (Phi) is 6.68. The van der Waals surface area contributed by atoms with Gasteiger partial charge in [-0.05, 0) is 58.5 Å². The van der Waals surface area contributed by atoms with Gasteiger partial charge in [-0.1, -0.05) is 42.5 Å². The molecule has 0 aliphatic carbocycles. The smallest absolute Gasteiger partial charge is 0.407 e. The Hall–Kier alpha value is -4.53. The van der Waals surface area contributed by atoms with Crippen LogP contribution in [0.1, 0.15) is 39.9 Å². The number of fused-ring (bicyclic) bond motifs is 1. The molecule has 0 saturated carbocycles. The number of ether oxygens (including phenoxy) is 1. The van der Waals surface area contributed by atoms with E-state index in [1.54, 1.807) is 24.3 Å². The lowest BCUT2D eigenvalue weighted by molar-refractivity contribution is -0.136. The number of nitrogens with zero attached hydrogens (tertiary/aromatic N) is 1. The molecule has 188 valence electrons. The van der Waals surface area contributed by atoms with Crippen molar-refractivity contribution >= 4 is 23.8 Å². The van der Waals surface area contributed by atoms with E-state index in [-0.39, 0.29) is 37.2 Å². The Bertz CT molecular complexity index is 1410. The van der Waals surface area contributed by atoms with Crippen LogP contribution in [0.25, 0.3) is 11.1 Å². The van der Waals surface area contributed by atoms with Crippen molar-refractivity contribution in [3.63, 3.8) is 0 Å². The predicted molar refractivity (Wildman–Crippen MR) is 131 cm³/mol. The zero-order valence-corrected chi connectivity index (χ0v) is 19.8. The quantitative estimate of drug-likeness (QED) is 0.502. The van der Waals surface area contributed by atoms with Crippen molar-refractivity contribution in [1.82, 2.24) is 15.5 Å². The number of hydrogen-bond donors (Lipinski definition) is 2. The number of carbonyl (C=O) groups excluding carboxylic acids is 4. The van der Waals surface area contributed by atoms with Crippen LogP contribution >= 0.6 is 0 Å². The van der Waals surface area contributed by atoms with Crippen LogP contribution in [0.15, 0.2) is 66.7 Å². The Labute approximate surface area is 212 Å². The topological polar surface area (TPSA) is 105 Å². The standard InChI is InChI=1S/C28H24FN3O5/c29-22-6-2-5-20(13-22)19-4-1-3-18(11-19)16-37-28(36)30-14-17-7-8-21-15-32(27(35)23(21)12-17)24-9-10-25(33)31-26(24)34/h1-8,11-13,24H,9-10,14-16H2,(H,30,36)(H,31,33,34). The average Bonchev–Trinajstić information content (AvgIpc) is 3.22. The number of halogens is 1. The lowest BCUT2D eigenvalue weighted by Crippen LogP contribution is -2.52. The monoisotopic (exact) mass is 501 g/mol. The fourth-order valence-corrected chi connectivity index (χ4v) is 4.59. The van der Waals surface area contributed by atoms with Crippen LogP contribution in [0, 0.1) is 5.82 Å². The van der Waals surface area contributed by atoms with E-state index < -0.39 is 18.0 Å². The number of rotatable bonds is 6. The highest BCUT2D eigenvalue weighted by Gasteiger charge is 2.39.